The number of carbonyl (C=O) groups excluding carboxylic acids is 2. The summed E-state index contributed by atoms with van der Waals surface area (Å²) in [6, 6.07) is 0. The van der Waals surface area contributed by atoms with Gasteiger partial charge in [-0.2, -0.15) is 0 Å². The van der Waals surface area contributed by atoms with E-state index in [9.17, 15) is 9.59 Å². The third kappa shape index (κ3) is 5.08. The first kappa shape index (κ1) is 20.5. The second-order valence-electron chi connectivity index (χ2n) is 6.67. The lowest BCUT2D eigenvalue weighted by Gasteiger charge is -2.32. The van der Waals surface area contributed by atoms with Crippen LogP contribution in [0.25, 0.3) is 0 Å². The Morgan fingerprint density at radius 1 is 1.04 bits per heavy atom. The molecule has 0 spiro atoms. The van der Waals surface area contributed by atoms with Crippen molar-refractivity contribution < 1.29 is 19.1 Å². The largest absolute Gasteiger partial charge is 0.462 e. The van der Waals surface area contributed by atoms with Crippen molar-refractivity contribution in [2.45, 2.75) is 33.6 Å². The number of aryl methyl sites for hydroxylation is 1. The highest BCUT2D eigenvalue weighted by Gasteiger charge is 2.25. The summed E-state index contributed by atoms with van der Waals surface area (Å²) < 4.78 is 10.3. The summed E-state index contributed by atoms with van der Waals surface area (Å²) in [6.45, 7) is 11.2. The number of esters is 2. The molecular formula is C19H31N3O4. The molecule has 0 aromatic carbocycles. The molecule has 1 aliphatic rings. The minimum atomic E-state index is -0.430. The van der Waals surface area contributed by atoms with Gasteiger partial charge in [-0.25, -0.2) is 9.59 Å². The lowest BCUT2D eigenvalue weighted by Crippen LogP contribution is -2.44. The maximum atomic E-state index is 12.4. The minimum Gasteiger partial charge on any atom is -0.462 e. The molecule has 26 heavy (non-hydrogen) atoms. The van der Waals surface area contributed by atoms with Gasteiger partial charge in [0, 0.05) is 31.9 Å². The number of rotatable bonds is 8. The van der Waals surface area contributed by atoms with E-state index in [1.54, 1.807) is 20.8 Å². The molecule has 0 radical (unpaired) electrons. The number of ether oxygens (including phenoxy) is 2. The van der Waals surface area contributed by atoms with E-state index < -0.39 is 5.97 Å². The Balaban J connectivity index is 2.08. The van der Waals surface area contributed by atoms with Crippen molar-refractivity contribution in [3.63, 3.8) is 0 Å². The number of nitrogens with one attached hydrogen (secondary N) is 1. The molecule has 0 atom stereocenters. The second-order valence-corrected chi connectivity index (χ2v) is 6.67. The van der Waals surface area contributed by atoms with E-state index >= 15 is 0 Å². The molecule has 7 heteroatoms. The van der Waals surface area contributed by atoms with Gasteiger partial charge in [0.15, 0.2) is 0 Å². The van der Waals surface area contributed by atoms with Crippen molar-refractivity contribution in [1.82, 2.24) is 14.8 Å². The predicted octanol–water partition coefficient (Wildman–Crippen LogP) is 1.86. The zero-order valence-electron chi connectivity index (χ0n) is 16.4. The summed E-state index contributed by atoms with van der Waals surface area (Å²) in [4.78, 5) is 32.4. The van der Waals surface area contributed by atoms with Gasteiger partial charge in [0.2, 0.25) is 0 Å². The number of H-pyrrole nitrogens is 1. The average molecular weight is 365 g/mol. The van der Waals surface area contributed by atoms with Crippen LogP contribution in [-0.4, -0.2) is 79.7 Å². The minimum absolute atomic E-state index is 0.296. The molecule has 1 saturated heterocycles. The Morgan fingerprint density at radius 3 is 2.27 bits per heavy atom. The molecule has 2 rings (SSSR count). The fourth-order valence-corrected chi connectivity index (χ4v) is 3.28. The Bertz CT molecular complexity index is 619. The van der Waals surface area contributed by atoms with E-state index in [0.717, 1.165) is 44.8 Å². The number of piperazine rings is 1. The molecule has 1 aromatic rings. The SMILES string of the molecule is CCOC(=O)c1[nH]c(CCCN2CCN(C)CC2)c(C(=O)OCC)c1C. The Labute approximate surface area is 155 Å². The van der Waals surface area contributed by atoms with Crippen LogP contribution in [-0.2, 0) is 15.9 Å². The van der Waals surface area contributed by atoms with Crippen LogP contribution in [0.1, 0.15) is 52.4 Å². The highest BCUT2D eigenvalue weighted by Crippen LogP contribution is 2.22. The molecule has 1 aliphatic heterocycles. The van der Waals surface area contributed by atoms with Gasteiger partial charge in [-0.05, 0) is 52.8 Å². The normalized spacial score (nSPS) is 15.8. The van der Waals surface area contributed by atoms with E-state index in [1.807, 2.05) is 0 Å². The van der Waals surface area contributed by atoms with Gasteiger partial charge in [-0.3, -0.25) is 0 Å². The molecule has 146 valence electrons. The molecule has 0 saturated carbocycles. The van der Waals surface area contributed by atoms with Crippen molar-refractivity contribution in [3.05, 3.63) is 22.5 Å². The fourth-order valence-electron chi connectivity index (χ4n) is 3.28. The second kappa shape index (κ2) is 9.73. The van der Waals surface area contributed by atoms with Crippen LogP contribution in [0.3, 0.4) is 0 Å². The number of aromatic nitrogens is 1. The van der Waals surface area contributed by atoms with Crippen molar-refractivity contribution in [3.8, 4) is 0 Å². The molecule has 1 fully saturated rings. The first-order valence-electron chi connectivity index (χ1n) is 9.44. The number of likely N-dealkylation sites (N-methyl/N-ethyl adjacent to an activating group) is 1. The van der Waals surface area contributed by atoms with E-state index in [4.69, 9.17) is 9.47 Å². The molecule has 1 N–H and O–H groups in total. The zero-order valence-corrected chi connectivity index (χ0v) is 16.4. The number of hydrogen-bond acceptors (Lipinski definition) is 6. The third-order valence-electron chi connectivity index (χ3n) is 4.78. The molecule has 0 bridgehead atoms. The first-order chi connectivity index (χ1) is 12.5. The van der Waals surface area contributed by atoms with Crippen LogP contribution >= 0.6 is 0 Å². The number of carbonyl (C=O) groups is 2. The molecule has 0 aliphatic carbocycles. The van der Waals surface area contributed by atoms with Gasteiger partial charge in [-0.1, -0.05) is 0 Å². The van der Waals surface area contributed by atoms with Gasteiger partial charge >= 0.3 is 11.9 Å². The van der Waals surface area contributed by atoms with Gasteiger partial charge in [-0.15, -0.1) is 0 Å². The lowest BCUT2D eigenvalue weighted by atomic mass is 10.1. The number of hydrogen-bond donors (Lipinski definition) is 1. The number of aromatic amines is 1. The van der Waals surface area contributed by atoms with E-state index in [-0.39, 0.29) is 5.97 Å². The summed E-state index contributed by atoms with van der Waals surface area (Å²) in [5.74, 6) is -0.813. The van der Waals surface area contributed by atoms with Crippen LogP contribution in [0.2, 0.25) is 0 Å². The fraction of sp³-hybridized carbons (Fsp3) is 0.684. The molecular weight excluding hydrogens is 334 g/mol. The molecule has 1 aromatic heterocycles. The topological polar surface area (TPSA) is 74.9 Å². The van der Waals surface area contributed by atoms with Gasteiger partial charge in [0.05, 0.1) is 18.8 Å². The molecule has 0 amide bonds. The Morgan fingerprint density at radius 2 is 1.65 bits per heavy atom. The van der Waals surface area contributed by atoms with E-state index in [1.165, 1.54) is 0 Å². The molecule has 0 unspecified atom stereocenters. The Kier molecular flexibility index (Phi) is 7.66. The smallest absolute Gasteiger partial charge is 0.355 e. The number of nitrogens with zero attached hydrogens (tertiary/aromatic N) is 2. The summed E-state index contributed by atoms with van der Waals surface area (Å²) in [7, 11) is 2.14. The summed E-state index contributed by atoms with van der Waals surface area (Å²) >= 11 is 0. The van der Waals surface area contributed by atoms with E-state index in [0.29, 0.717) is 36.5 Å². The van der Waals surface area contributed by atoms with Crippen LogP contribution in [0, 0.1) is 6.92 Å². The lowest BCUT2D eigenvalue weighted by molar-refractivity contribution is 0.0517. The van der Waals surface area contributed by atoms with Crippen LogP contribution in [0.5, 0.6) is 0 Å². The average Bonchev–Trinajstić information content (AvgIpc) is 2.94. The van der Waals surface area contributed by atoms with Gasteiger partial charge in [0.1, 0.15) is 5.69 Å². The summed E-state index contributed by atoms with van der Waals surface area (Å²) in [6.07, 6.45) is 1.61. The predicted molar refractivity (Wildman–Crippen MR) is 99.7 cm³/mol. The van der Waals surface area contributed by atoms with Gasteiger partial charge < -0.3 is 24.3 Å². The monoisotopic (exact) mass is 365 g/mol. The third-order valence-corrected chi connectivity index (χ3v) is 4.78. The quantitative estimate of drug-likeness (QED) is 0.709. The van der Waals surface area contributed by atoms with Crippen LogP contribution in [0.15, 0.2) is 0 Å². The maximum absolute atomic E-state index is 12.4. The zero-order chi connectivity index (χ0) is 19.1. The van der Waals surface area contributed by atoms with Crippen molar-refractivity contribution in [2.75, 3.05) is 53.0 Å². The van der Waals surface area contributed by atoms with E-state index in [2.05, 4.69) is 21.8 Å². The maximum Gasteiger partial charge on any atom is 0.355 e. The standard InChI is InChI=1S/C19H31N3O4/c1-5-25-18(23)16-14(3)17(19(24)26-6-2)20-15(16)8-7-9-22-12-10-21(4)11-13-22/h20H,5-13H2,1-4H3. The highest BCUT2D eigenvalue weighted by molar-refractivity contribution is 5.98. The van der Waals surface area contributed by atoms with Crippen molar-refractivity contribution >= 4 is 11.9 Å². The van der Waals surface area contributed by atoms with Crippen LogP contribution in [0.4, 0.5) is 0 Å². The van der Waals surface area contributed by atoms with Crippen LogP contribution < -0.4 is 0 Å². The summed E-state index contributed by atoms with van der Waals surface area (Å²) in [5.41, 5.74) is 2.20. The molecule has 2 heterocycles. The van der Waals surface area contributed by atoms with Gasteiger partial charge in [0.25, 0.3) is 0 Å². The Hall–Kier alpha value is -1.86. The summed E-state index contributed by atoms with van der Waals surface area (Å²) in [5, 5.41) is 0. The van der Waals surface area contributed by atoms with Crippen molar-refractivity contribution in [1.29, 1.82) is 0 Å². The molecule has 7 nitrogen and oxygen atoms in total. The van der Waals surface area contributed by atoms with Crippen molar-refractivity contribution in [2.24, 2.45) is 0 Å². The first-order valence-corrected chi connectivity index (χ1v) is 9.44. The highest BCUT2D eigenvalue weighted by atomic mass is 16.5.